The standard InChI is InChI=1S/C33H44F3N5O7/c1-32(2,3)48-31(45)40-9-4-8-39-20-26(37-30(39)40)7-14-47-27-6-5-23-17-24(19-28(42)43)29(44)41(21-25(23)18-27,22-33(34,35)36)13-10-38-11-15-46-16-12-38/h5-6,18,20,24H,4,7-17,19,21-22H2,1-3H3/p+1/t24-,41?/m0/s1. The monoisotopic (exact) mass is 680 g/mol. The Balaban J connectivity index is 1.34. The van der Waals surface area contributed by atoms with E-state index >= 15 is 0 Å². The van der Waals surface area contributed by atoms with Crippen LogP contribution in [0.1, 0.15) is 50.4 Å². The number of nitrogens with zero attached hydrogens (tertiary/aromatic N) is 5. The lowest BCUT2D eigenvalue weighted by Gasteiger charge is -2.39. The van der Waals surface area contributed by atoms with Crippen molar-refractivity contribution < 1.29 is 51.4 Å². The van der Waals surface area contributed by atoms with Gasteiger partial charge in [0.25, 0.3) is 0 Å². The number of halogens is 3. The first-order valence-electron chi connectivity index (χ1n) is 16.4. The zero-order valence-corrected chi connectivity index (χ0v) is 27.8. The van der Waals surface area contributed by atoms with Gasteiger partial charge in [0.2, 0.25) is 5.95 Å². The number of carboxylic acid groups (broad SMARTS) is 1. The van der Waals surface area contributed by atoms with Crippen LogP contribution in [0.15, 0.2) is 24.4 Å². The molecule has 48 heavy (non-hydrogen) atoms. The molecule has 0 bridgehead atoms. The Kier molecular flexibility index (Phi) is 10.7. The highest BCUT2D eigenvalue weighted by atomic mass is 19.4. The van der Waals surface area contributed by atoms with Gasteiger partial charge in [0.1, 0.15) is 17.9 Å². The second kappa shape index (κ2) is 14.4. The number of hydrogen-bond donors (Lipinski definition) is 1. The number of carbonyl (C=O) groups excluding carboxylic acids is 2. The van der Waals surface area contributed by atoms with E-state index in [0.29, 0.717) is 74.3 Å². The van der Waals surface area contributed by atoms with Gasteiger partial charge in [-0.05, 0) is 51.3 Å². The van der Waals surface area contributed by atoms with E-state index < -0.39 is 53.1 Å². The molecule has 0 radical (unpaired) electrons. The summed E-state index contributed by atoms with van der Waals surface area (Å²) < 4.78 is 60.5. The number of carbonyl (C=O) groups is 3. The first-order valence-corrected chi connectivity index (χ1v) is 16.4. The number of imidazole rings is 1. The molecule has 1 unspecified atom stereocenters. The Labute approximate surface area is 277 Å². The number of benzene rings is 1. The average Bonchev–Trinajstić information content (AvgIpc) is 3.38. The van der Waals surface area contributed by atoms with Crippen molar-refractivity contribution in [1.82, 2.24) is 14.5 Å². The first kappa shape index (κ1) is 35.6. The van der Waals surface area contributed by atoms with Crippen LogP contribution in [-0.4, -0.2) is 113 Å². The third kappa shape index (κ3) is 9.05. The van der Waals surface area contributed by atoms with Crippen LogP contribution in [-0.2, 0) is 45.0 Å². The molecule has 12 nitrogen and oxygen atoms in total. The molecule has 0 aliphatic carbocycles. The van der Waals surface area contributed by atoms with E-state index in [1.165, 1.54) is 4.90 Å². The lowest BCUT2D eigenvalue weighted by Crippen LogP contribution is -2.61. The molecule has 2 atom stereocenters. The molecule has 15 heteroatoms. The maximum Gasteiger partial charge on any atom is 0.438 e. The van der Waals surface area contributed by atoms with Gasteiger partial charge in [0.05, 0.1) is 44.4 Å². The molecule has 1 N–H and O–H groups in total. The molecule has 0 spiro atoms. The summed E-state index contributed by atoms with van der Waals surface area (Å²) in [6, 6.07) is 5.09. The molecular weight excluding hydrogens is 635 g/mol. The van der Waals surface area contributed by atoms with Gasteiger partial charge in [0.15, 0.2) is 6.54 Å². The number of morpholine rings is 1. The van der Waals surface area contributed by atoms with Crippen LogP contribution in [0.4, 0.5) is 23.9 Å². The Morgan fingerprint density at radius 3 is 2.54 bits per heavy atom. The number of alkyl halides is 3. The fourth-order valence-electron chi connectivity index (χ4n) is 6.68. The highest BCUT2D eigenvalue weighted by Crippen LogP contribution is 2.35. The van der Waals surface area contributed by atoms with Crippen molar-refractivity contribution in [2.75, 3.05) is 64.0 Å². The van der Waals surface area contributed by atoms with E-state index in [0.717, 1.165) is 6.42 Å². The smallest absolute Gasteiger partial charge is 0.438 e. The van der Waals surface area contributed by atoms with Crippen LogP contribution < -0.4 is 9.64 Å². The van der Waals surface area contributed by atoms with E-state index in [4.69, 9.17) is 14.2 Å². The van der Waals surface area contributed by atoms with Crippen molar-refractivity contribution in [3.05, 3.63) is 41.2 Å². The van der Waals surface area contributed by atoms with Crippen molar-refractivity contribution in [3.8, 4) is 5.75 Å². The van der Waals surface area contributed by atoms with Gasteiger partial charge >= 0.3 is 24.1 Å². The minimum atomic E-state index is -4.66. The molecule has 264 valence electrons. The highest BCUT2D eigenvalue weighted by molar-refractivity contribution is 5.86. The van der Waals surface area contributed by atoms with Crippen molar-refractivity contribution in [2.45, 2.75) is 71.3 Å². The largest absolute Gasteiger partial charge is 0.493 e. The summed E-state index contributed by atoms with van der Waals surface area (Å²) in [5.41, 5.74) is 1.24. The number of ether oxygens (including phenoxy) is 3. The molecule has 2 amide bonds. The molecule has 0 saturated carbocycles. The lowest BCUT2D eigenvalue weighted by atomic mass is 9.94. The first-order chi connectivity index (χ1) is 22.6. The minimum Gasteiger partial charge on any atom is -0.493 e. The fourth-order valence-corrected chi connectivity index (χ4v) is 6.68. The number of rotatable bonds is 10. The predicted molar refractivity (Wildman–Crippen MR) is 168 cm³/mol. The van der Waals surface area contributed by atoms with Crippen LogP contribution in [0.3, 0.4) is 0 Å². The van der Waals surface area contributed by atoms with Gasteiger partial charge in [-0.2, -0.15) is 13.2 Å². The maximum absolute atomic E-state index is 14.2. The van der Waals surface area contributed by atoms with Gasteiger partial charge in [-0.15, -0.1) is 0 Å². The van der Waals surface area contributed by atoms with Crippen molar-refractivity contribution in [1.29, 1.82) is 0 Å². The summed E-state index contributed by atoms with van der Waals surface area (Å²) in [5, 5.41) is 9.58. The quantitative estimate of drug-likeness (QED) is 0.371. The van der Waals surface area contributed by atoms with Crippen molar-refractivity contribution in [2.24, 2.45) is 5.92 Å². The highest BCUT2D eigenvalue weighted by Gasteiger charge is 2.51. The third-order valence-corrected chi connectivity index (χ3v) is 8.85. The molecule has 1 aromatic carbocycles. The number of aliphatic carboxylic acids is 1. The van der Waals surface area contributed by atoms with Gasteiger partial charge in [0, 0.05) is 50.9 Å². The molecule has 3 aliphatic rings. The molecule has 2 aromatic rings. The van der Waals surface area contributed by atoms with E-state index in [2.05, 4.69) is 4.98 Å². The lowest BCUT2D eigenvalue weighted by molar-refractivity contribution is -0.879. The summed E-state index contributed by atoms with van der Waals surface area (Å²) in [6.45, 7) is 7.37. The van der Waals surface area contributed by atoms with Crippen LogP contribution in [0.5, 0.6) is 5.75 Å². The summed E-state index contributed by atoms with van der Waals surface area (Å²) in [5.74, 6) is -2.10. The van der Waals surface area contributed by atoms with Gasteiger partial charge < -0.3 is 23.9 Å². The molecule has 1 aromatic heterocycles. The number of anilines is 1. The van der Waals surface area contributed by atoms with E-state index in [1.807, 2.05) is 15.7 Å². The van der Waals surface area contributed by atoms with Gasteiger partial charge in [-0.25, -0.2) is 24.0 Å². The zero-order valence-electron chi connectivity index (χ0n) is 27.8. The minimum absolute atomic E-state index is 0.0323. The topological polar surface area (TPSA) is 123 Å². The second-order valence-electron chi connectivity index (χ2n) is 13.8. The summed E-state index contributed by atoms with van der Waals surface area (Å²) in [7, 11) is 0. The average molecular weight is 681 g/mol. The zero-order chi connectivity index (χ0) is 34.7. The third-order valence-electron chi connectivity index (χ3n) is 8.85. The van der Waals surface area contributed by atoms with Crippen LogP contribution in [0.25, 0.3) is 0 Å². The van der Waals surface area contributed by atoms with Gasteiger partial charge in [-0.3, -0.25) is 9.69 Å². The SMILES string of the molecule is CC(C)(C)OC(=O)N1CCCn2cc(CCOc3ccc4c(c3)C[N+](CCN3CCOCC3)(CC(F)(F)F)C(=O)[C@H](CC(=O)O)C4)nc21. The number of carboxylic acids is 1. The van der Waals surface area contributed by atoms with E-state index in [9.17, 15) is 32.7 Å². The molecule has 3 aliphatic heterocycles. The number of quaternary nitrogens is 1. The van der Waals surface area contributed by atoms with Crippen LogP contribution in [0.2, 0.25) is 0 Å². The Morgan fingerprint density at radius 2 is 1.85 bits per heavy atom. The van der Waals surface area contributed by atoms with E-state index in [-0.39, 0.29) is 32.7 Å². The molecule has 4 heterocycles. The summed E-state index contributed by atoms with van der Waals surface area (Å²) in [4.78, 5) is 46.6. The van der Waals surface area contributed by atoms with Gasteiger partial charge in [-0.1, -0.05) is 6.07 Å². The Hall–Kier alpha value is -3.69. The predicted octanol–water partition coefficient (Wildman–Crippen LogP) is 4.03. The van der Waals surface area contributed by atoms with Crippen LogP contribution in [0, 0.1) is 5.92 Å². The van der Waals surface area contributed by atoms with Crippen molar-refractivity contribution in [3.63, 3.8) is 0 Å². The molecule has 1 fully saturated rings. The number of hydrogen-bond acceptors (Lipinski definition) is 8. The fraction of sp³-hybridized carbons (Fsp3) is 0.636. The molecular formula is C33H45F3N5O7+. The molecule has 5 rings (SSSR count). The second-order valence-corrected chi connectivity index (χ2v) is 13.8. The number of amides is 2. The van der Waals surface area contributed by atoms with Crippen molar-refractivity contribution >= 4 is 23.9 Å². The number of aryl methyl sites for hydroxylation is 1. The summed E-state index contributed by atoms with van der Waals surface area (Å²) in [6.07, 6.45) is -2.60. The normalized spacial score (nSPS) is 22.1. The Bertz CT molecular complexity index is 1480. The summed E-state index contributed by atoms with van der Waals surface area (Å²) >= 11 is 0. The maximum atomic E-state index is 14.2. The van der Waals surface area contributed by atoms with Crippen LogP contribution >= 0.6 is 0 Å². The molecule has 1 saturated heterocycles. The number of fused-ring (bicyclic) bond motifs is 2. The van der Waals surface area contributed by atoms with E-state index in [1.54, 1.807) is 39.0 Å². The number of aromatic nitrogens is 2. The Morgan fingerprint density at radius 1 is 1.10 bits per heavy atom.